The van der Waals surface area contributed by atoms with Crippen molar-refractivity contribution in [1.29, 1.82) is 0 Å². The standard InChI is InChI=1S/C55H58N6O13/c1-10-30-32-18-29(12-13-39(32)57-48-36(30)25-61-42(48)22-38-37(51(61)63)26-71-53(66)55(38,11-2)70-9)72-54(67)58-41(52(64)65)16-28(5)17-47-73-45-21-34-40(23-46(45)74-47)56-24-35-31-19-43(68-7)44(69-8)20-33(31)50(62)60(49(34)35)15-14-59(6)27(3)4/h12-13,18-24,27-28,41,47H,10-11,14-17,25-26H2,1-9H3,(H,58,67)(H,64,65)/t28?,41?,47?,55-/m0/s1. The zero-order valence-corrected chi connectivity index (χ0v) is 42.7. The van der Waals surface area contributed by atoms with E-state index < -0.39 is 36.0 Å². The third kappa shape index (κ3) is 8.27. The lowest BCUT2D eigenvalue weighted by Crippen LogP contribution is -2.45. The number of aryl methyl sites for hydroxylation is 1. The predicted octanol–water partition coefficient (Wildman–Crippen LogP) is 7.43. The van der Waals surface area contributed by atoms with Crippen molar-refractivity contribution in [2.24, 2.45) is 5.92 Å². The van der Waals surface area contributed by atoms with E-state index in [0.29, 0.717) is 103 Å². The monoisotopic (exact) mass is 1010 g/mol. The maximum Gasteiger partial charge on any atom is 0.413 e. The van der Waals surface area contributed by atoms with Crippen molar-refractivity contribution >= 4 is 61.5 Å². The molecule has 7 aromatic rings. The van der Waals surface area contributed by atoms with Gasteiger partial charge in [0.15, 0.2) is 28.6 Å². The number of likely N-dealkylation sites (N-methyl/N-ethyl adjacent to an activating group) is 1. The number of benzene rings is 3. The second-order valence-electron chi connectivity index (χ2n) is 19.5. The second kappa shape index (κ2) is 19.3. The molecule has 0 bridgehead atoms. The Labute approximate surface area is 424 Å². The number of ether oxygens (including phenoxy) is 7. The Hall–Kier alpha value is -7.77. The number of carbonyl (C=O) groups is 3. The summed E-state index contributed by atoms with van der Waals surface area (Å²) >= 11 is 0. The van der Waals surface area contributed by atoms with Gasteiger partial charge in [-0.2, -0.15) is 0 Å². The van der Waals surface area contributed by atoms with Gasteiger partial charge >= 0.3 is 18.0 Å². The molecule has 4 atom stereocenters. The number of cyclic esters (lactones) is 1. The lowest BCUT2D eigenvalue weighted by molar-refractivity contribution is -0.176. The van der Waals surface area contributed by atoms with E-state index in [0.717, 1.165) is 16.5 Å². The molecule has 2 N–H and O–H groups in total. The number of aliphatic carboxylic acids is 1. The highest BCUT2D eigenvalue weighted by Gasteiger charge is 2.47. The van der Waals surface area contributed by atoms with E-state index in [2.05, 4.69) is 24.1 Å². The van der Waals surface area contributed by atoms with Crippen molar-refractivity contribution < 1.29 is 52.6 Å². The number of pyridine rings is 4. The van der Waals surface area contributed by atoms with Gasteiger partial charge in [0.2, 0.25) is 6.29 Å². The van der Waals surface area contributed by atoms with Gasteiger partial charge in [0.05, 0.1) is 59.7 Å². The van der Waals surface area contributed by atoms with E-state index in [1.165, 1.54) is 14.2 Å². The Bertz CT molecular complexity index is 3600. The largest absolute Gasteiger partial charge is 0.493 e. The average molecular weight is 1010 g/mol. The van der Waals surface area contributed by atoms with Gasteiger partial charge in [-0.1, -0.05) is 20.8 Å². The third-order valence-electron chi connectivity index (χ3n) is 15.0. The maximum atomic E-state index is 14.4. The molecule has 1 amide bonds. The molecule has 386 valence electrons. The quantitative estimate of drug-likeness (QED) is 0.0710. The number of esters is 1. The first-order chi connectivity index (χ1) is 35.5. The number of carboxylic acid groups (broad SMARTS) is 1. The number of carboxylic acids is 1. The van der Waals surface area contributed by atoms with Crippen molar-refractivity contribution in [3.05, 3.63) is 97.7 Å². The fraction of sp³-hybridized carbons (Fsp3) is 0.400. The van der Waals surface area contributed by atoms with Gasteiger partial charge in [-0.05, 0) is 94.1 Å². The highest BCUT2D eigenvalue weighted by Crippen LogP contribution is 2.44. The number of nitrogens with one attached hydrogen (secondary N) is 1. The van der Waals surface area contributed by atoms with Gasteiger partial charge in [-0.15, -0.1) is 0 Å². The van der Waals surface area contributed by atoms with Gasteiger partial charge in [0.1, 0.15) is 18.4 Å². The number of fused-ring (bicyclic) bond motifs is 11. The van der Waals surface area contributed by atoms with Crippen molar-refractivity contribution in [2.45, 2.75) is 104 Å². The van der Waals surface area contributed by atoms with Crippen molar-refractivity contribution in [1.82, 2.24) is 29.3 Å². The summed E-state index contributed by atoms with van der Waals surface area (Å²) in [5.74, 6) is -0.125. The number of nitrogens with zero attached hydrogens (tertiary/aromatic N) is 5. The summed E-state index contributed by atoms with van der Waals surface area (Å²) in [5.41, 5.74) is 3.72. The fourth-order valence-electron chi connectivity index (χ4n) is 10.8. The SMILES string of the molecule is CCc1c2c(nc3ccc(OC(=O)NC(CC(C)CC4Oc5cc6ncc7c8cc(OC)c(OC)cc8c(=O)n(CCN(C)C(C)C)c7c6cc5O4)C(=O)O)cc13)-c1cc3c(c(=O)n1C2)COC(=O)[C@@]3(CC)OC. The molecule has 10 rings (SSSR count). The summed E-state index contributed by atoms with van der Waals surface area (Å²) < 4.78 is 44.1. The molecular weight excluding hydrogens is 953 g/mol. The van der Waals surface area contributed by atoms with Crippen LogP contribution in [0.4, 0.5) is 4.79 Å². The zero-order chi connectivity index (χ0) is 52.5. The van der Waals surface area contributed by atoms with Crippen LogP contribution in [0.25, 0.3) is 54.9 Å². The number of hydrogen-bond acceptors (Lipinski definition) is 15. The Morgan fingerprint density at radius 1 is 0.892 bits per heavy atom. The first kappa shape index (κ1) is 49.8. The summed E-state index contributed by atoms with van der Waals surface area (Å²) in [4.78, 5) is 79.4. The second-order valence-corrected chi connectivity index (χ2v) is 19.5. The lowest BCUT2D eigenvalue weighted by Gasteiger charge is -2.34. The number of aromatic nitrogens is 4. The molecule has 74 heavy (non-hydrogen) atoms. The van der Waals surface area contributed by atoms with Crippen LogP contribution in [0.3, 0.4) is 0 Å². The van der Waals surface area contributed by atoms with E-state index in [-0.39, 0.29) is 61.2 Å². The molecule has 19 heteroatoms. The topological polar surface area (TPSA) is 221 Å². The molecule has 0 saturated heterocycles. The first-order valence-electron chi connectivity index (χ1n) is 24.8. The molecule has 19 nitrogen and oxygen atoms in total. The number of carbonyl (C=O) groups excluding carboxylic acids is 2. The summed E-state index contributed by atoms with van der Waals surface area (Å²) in [7, 11) is 6.52. The Morgan fingerprint density at radius 3 is 2.30 bits per heavy atom. The van der Waals surface area contributed by atoms with Crippen LogP contribution in [0.1, 0.15) is 76.1 Å². The van der Waals surface area contributed by atoms with Crippen LogP contribution >= 0.6 is 0 Å². The Kier molecular flexibility index (Phi) is 13.0. The highest BCUT2D eigenvalue weighted by molar-refractivity contribution is 6.15. The van der Waals surface area contributed by atoms with Crippen LogP contribution in [-0.2, 0) is 50.8 Å². The van der Waals surface area contributed by atoms with Crippen LogP contribution < -0.4 is 40.1 Å². The molecule has 3 unspecified atom stereocenters. The molecule has 0 spiro atoms. The van der Waals surface area contributed by atoms with Crippen molar-refractivity contribution in [2.75, 3.05) is 34.9 Å². The average Bonchev–Trinajstić information content (AvgIpc) is 3.96. The number of rotatable bonds is 16. The molecule has 0 saturated carbocycles. The van der Waals surface area contributed by atoms with E-state index in [1.54, 1.807) is 65.8 Å². The Balaban J connectivity index is 0.854. The van der Waals surface area contributed by atoms with Crippen LogP contribution in [0.2, 0.25) is 0 Å². The molecule has 3 aliphatic rings. The molecule has 7 heterocycles. The van der Waals surface area contributed by atoms with Crippen molar-refractivity contribution in [3.63, 3.8) is 0 Å². The van der Waals surface area contributed by atoms with E-state index in [1.807, 2.05) is 33.0 Å². The van der Waals surface area contributed by atoms with Gasteiger partial charge in [-0.3, -0.25) is 14.6 Å². The van der Waals surface area contributed by atoms with E-state index in [4.69, 9.17) is 43.1 Å². The fourth-order valence-corrected chi connectivity index (χ4v) is 10.8. The molecule has 0 aliphatic carbocycles. The van der Waals surface area contributed by atoms with Crippen LogP contribution in [-0.4, -0.2) is 100 Å². The van der Waals surface area contributed by atoms with Crippen molar-refractivity contribution in [3.8, 4) is 40.1 Å². The van der Waals surface area contributed by atoms with Crippen LogP contribution in [0.5, 0.6) is 28.7 Å². The van der Waals surface area contributed by atoms with Gasteiger partial charge in [0, 0.05) is 77.6 Å². The highest BCUT2D eigenvalue weighted by atomic mass is 16.7. The van der Waals surface area contributed by atoms with Crippen LogP contribution in [0.15, 0.2) is 64.3 Å². The van der Waals surface area contributed by atoms with Gasteiger partial charge in [0.25, 0.3) is 11.1 Å². The minimum atomic E-state index is -1.42. The first-order valence-corrected chi connectivity index (χ1v) is 24.8. The molecule has 0 fully saturated rings. The summed E-state index contributed by atoms with van der Waals surface area (Å²) in [6, 6.07) is 12.8. The minimum absolute atomic E-state index is 0.0255. The lowest BCUT2D eigenvalue weighted by atomic mass is 9.85. The molecule has 3 aliphatic heterocycles. The van der Waals surface area contributed by atoms with Gasteiger partial charge < -0.3 is 57.6 Å². The normalized spacial score (nSPS) is 17.4. The van der Waals surface area contributed by atoms with Crippen LogP contribution in [0, 0.1) is 5.92 Å². The Morgan fingerprint density at radius 2 is 1.62 bits per heavy atom. The number of hydrogen-bond donors (Lipinski definition) is 2. The molecule has 0 radical (unpaired) electrons. The third-order valence-corrected chi connectivity index (χ3v) is 15.0. The van der Waals surface area contributed by atoms with E-state index in [9.17, 15) is 29.1 Å². The van der Waals surface area contributed by atoms with E-state index >= 15 is 0 Å². The minimum Gasteiger partial charge on any atom is -0.493 e. The number of methoxy groups -OCH3 is 3. The summed E-state index contributed by atoms with van der Waals surface area (Å²) in [6.07, 6.45) is 1.14. The summed E-state index contributed by atoms with van der Waals surface area (Å²) in [6.45, 7) is 10.9. The smallest absolute Gasteiger partial charge is 0.413 e. The maximum absolute atomic E-state index is 14.4. The molecular formula is C55H58N6O13. The zero-order valence-electron chi connectivity index (χ0n) is 42.7. The van der Waals surface area contributed by atoms with Gasteiger partial charge in [-0.25, -0.2) is 19.4 Å². The summed E-state index contributed by atoms with van der Waals surface area (Å²) in [5, 5.41) is 16.1. The molecule has 4 aromatic heterocycles. The predicted molar refractivity (Wildman–Crippen MR) is 275 cm³/mol. The number of amides is 1. The molecule has 3 aromatic carbocycles.